The average molecular weight is 234 g/mol. The second kappa shape index (κ2) is 5.68. The lowest BCUT2D eigenvalue weighted by Crippen LogP contribution is -2.38. The van der Waals surface area contributed by atoms with Gasteiger partial charge >= 0.3 is 5.97 Å². The molecule has 1 atom stereocenters. The maximum Gasteiger partial charge on any atom is 0.337 e. The number of carbonyl (C=O) groups is 1. The van der Waals surface area contributed by atoms with Gasteiger partial charge in [-0.25, -0.2) is 4.79 Å². The molecular weight excluding hydrogens is 216 g/mol. The Kier molecular flexibility index (Phi) is 3.98. The lowest BCUT2D eigenvalue weighted by molar-refractivity contribution is 0.0601. The monoisotopic (exact) mass is 234 g/mol. The van der Waals surface area contributed by atoms with E-state index in [1.807, 2.05) is 12.1 Å². The molecule has 1 unspecified atom stereocenters. The summed E-state index contributed by atoms with van der Waals surface area (Å²) >= 11 is 0. The van der Waals surface area contributed by atoms with E-state index in [4.69, 9.17) is 0 Å². The van der Waals surface area contributed by atoms with Gasteiger partial charge in [0.2, 0.25) is 0 Å². The fourth-order valence-corrected chi connectivity index (χ4v) is 2.03. The van der Waals surface area contributed by atoms with Crippen molar-refractivity contribution in [3.8, 4) is 0 Å². The summed E-state index contributed by atoms with van der Waals surface area (Å²) in [4.78, 5) is 11.3. The molecule has 1 aliphatic rings. The molecule has 0 bridgehead atoms. The Bertz CT molecular complexity index is 370. The van der Waals surface area contributed by atoms with E-state index in [1.54, 1.807) is 12.1 Å². The predicted molar refractivity (Wildman–Crippen MR) is 67.3 cm³/mol. The number of esters is 1. The second-order valence-electron chi connectivity index (χ2n) is 4.26. The van der Waals surface area contributed by atoms with E-state index in [2.05, 4.69) is 15.4 Å². The molecule has 0 spiro atoms. The van der Waals surface area contributed by atoms with Crippen LogP contribution in [0.4, 0.5) is 5.69 Å². The molecule has 1 saturated heterocycles. The van der Waals surface area contributed by atoms with Crippen molar-refractivity contribution in [1.29, 1.82) is 0 Å². The predicted octanol–water partition coefficient (Wildman–Crippen LogP) is 1.64. The van der Waals surface area contributed by atoms with Crippen LogP contribution in [0, 0.1) is 0 Å². The van der Waals surface area contributed by atoms with E-state index in [0.717, 1.165) is 18.8 Å². The topological polar surface area (TPSA) is 50.4 Å². The van der Waals surface area contributed by atoms with Crippen molar-refractivity contribution in [3.05, 3.63) is 29.8 Å². The molecule has 4 nitrogen and oxygen atoms in total. The number of rotatable bonds is 3. The summed E-state index contributed by atoms with van der Waals surface area (Å²) in [5, 5.41) is 6.81. The first-order chi connectivity index (χ1) is 8.29. The third kappa shape index (κ3) is 3.20. The minimum atomic E-state index is -0.295. The molecule has 2 rings (SSSR count). The molecule has 4 heteroatoms. The van der Waals surface area contributed by atoms with Crippen LogP contribution in [0.3, 0.4) is 0 Å². The van der Waals surface area contributed by atoms with Crippen molar-refractivity contribution >= 4 is 11.7 Å². The van der Waals surface area contributed by atoms with Gasteiger partial charge in [-0.2, -0.15) is 0 Å². The van der Waals surface area contributed by atoms with E-state index >= 15 is 0 Å². The molecule has 1 aromatic rings. The first-order valence-electron chi connectivity index (χ1n) is 5.95. The average Bonchev–Trinajstić information content (AvgIpc) is 2.40. The summed E-state index contributed by atoms with van der Waals surface area (Å²) in [7, 11) is 1.39. The van der Waals surface area contributed by atoms with Crippen LogP contribution in [0.1, 0.15) is 23.2 Å². The smallest absolute Gasteiger partial charge is 0.337 e. The van der Waals surface area contributed by atoms with E-state index in [-0.39, 0.29) is 5.97 Å². The highest BCUT2D eigenvalue weighted by Gasteiger charge is 2.12. The van der Waals surface area contributed by atoms with Gasteiger partial charge in [-0.1, -0.05) is 0 Å². The van der Waals surface area contributed by atoms with Gasteiger partial charge in [0.1, 0.15) is 0 Å². The van der Waals surface area contributed by atoms with Crippen LogP contribution >= 0.6 is 0 Å². The summed E-state index contributed by atoms with van der Waals surface area (Å²) in [6, 6.07) is 7.88. The number of ether oxygens (including phenoxy) is 1. The minimum absolute atomic E-state index is 0.295. The van der Waals surface area contributed by atoms with Crippen molar-refractivity contribution in [1.82, 2.24) is 5.32 Å². The van der Waals surface area contributed by atoms with E-state index in [9.17, 15) is 4.79 Å². The zero-order chi connectivity index (χ0) is 12.1. The minimum Gasteiger partial charge on any atom is -0.465 e. The zero-order valence-corrected chi connectivity index (χ0v) is 10.0. The fourth-order valence-electron chi connectivity index (χ4n) is 2.03. The molecule has 1 heterocycles. The van der Waals surface area contributed by atoms with Gasteiger partial charge in [0.05, 0.1) is 12.7 Å². The highest BCUT2D eigenvalue weighted by molar-refractivity contribution is 5.89. The quantitative estimate of drug-likeness (QED) is 0.781. The summed E-state index contributed by atoms with van der Waals surface area (Å²) in [6.07, 6.45) is 2.39. The summed E-state index contributed by atoms with van der Waals surface area (Å²) < 4.78 is 4.66. The van der Waals surface area contributed by atoms with Crippen molar-refractivity contribution in [2.24, 2.45) is 0 Å². The number of methoxy groups -OCH3 is 1. The Hall–Kier alpha value is -1.55. The normalized spacial score (nSPS) is 19.7. The van der Waals surface area contributed by atoms with Crippen molar-refractivity contribution < 1.29 is 9.53 Å². The maximum absolute atomic E-state index is 11.3. The molecule has 92 valence electrons. The lowest BCUT2D eigenvalue weighted by atomic mass is 10.1. The third-order valence-electron chi connectivity index (χ3n) is 2.97. The molecular formula is C13H18N2O2. The van der Waals surface area contributed by atoms with E-state index in [1.165, 1.54) is 20.0 Å². The van der Waals surface area contributed by atoms with Gasteiger partial charge in [-0.15, -0.1) is 0 Å². The standard InChI is InChI=1S/C13H18N2O2/c1-17-13(16)10-4-6-11(7-5-10)15-12-3-2-8-14-9-12/h4-7,12,14-15H,2-3,8-9H2,1H3. The number of hydrogen-bond donors (Lipinski definition) is 2. The molecule has 0 aliphatic carbocycles. The molecule has 0 amide bonds. The molecule has 1 fully saturated rings. The van der Waals surface area contributed by atoms with Gasteiger partial charge in [0.15, 0.2) is 0 Å². The van der Waals surface area contributed by atoms with Gasteiger partial charge in [-0.3, -0.25) is 0 Å². The van der Waals surface area contributed by atoms with Crippen LogP contribution in [0.2, 0.25) is 0 Å². The van der Waals surface area contributed by atoms with Crippen molar-refractivity contribution in [2.45, 2.75) is 18.9 Å². The number of piperidine rings is 1. The van der Waals surface area contributed by atoms with Crippen LogP contribution in [0.5, 0.6) is 0 Å². The van der Waals surface area contributed by atoms with Crippen LogP contribution in [0.15, 0.2) is 24.3 Å². The Morgan fingerprint density at radius 3 is 2.76 bits per heavy atom. The molecule has 1 aromatic carbocycles. The van der Waals surface area contributed by atoms with Crippen molar-refractivity contribution in [2.75, 3.05) is 25.5 Å². The van der Waals surface area contributed by atoms with Crippen LogP contribution in [-0.2, 0) is 4.74 Å². The first kappa shape index (κ1) is 11.9. The molecule has 0 radical (unpaired) electrons. The van der Waals surface area contributed by atoms with Gasteiger partial charge in [0, 0.05) is 18.3 Å². The van der Waals surface area contributed by atoms with Crippen LogP contribution in [0.25, 0.3) is 0 Å². The molecule has 1 aliphatic heterocycles. The summed E-state index contributed by atoms with van der Waals surface area (Å²) in [5.74, 6) is -0.295. The van der Waals surface area contributed by atoms with E-state index < -0.39 is 0 Å². The van der Waals surface area contributed by atoms with Gasteiger partial charge in [-0.05, 0) is 43.7 Å². The SMILES string of the molecule is COC(=O)c1ccc(NC2CCCNC2)cc1. The highest BCUT2D eigenvalue weighted by atomic mass is 16.5. The van der Waals surface area contributed by atoms with E-state index in [0.29, 0.717) is 11.6 Å². The maximum atomic E-state index is 11.3. The van der Waals surface area contributed by atoms with Crippen LogP contribution in [-0.4, -0.2) is 32.2 Å². The van der Waals surface area contributed by atoms with Gasteiger partial charge < -0.3 is 15.4 Å². The Morgan fingerprint density at radius 2 is 2.18 bits per heavy atom. The number of nitrogens with one attached hydrogen (secondary N) is 2. The number of hydrogen-bond acceptors (Lipinski definition) is 4. The molecule has 0 aromatic heterocycles. The lowest BCUT2D eigenvalue weighted by Gasteiger charge is -2.24. The number of benzene rings is 1. The molecule has 17 heavy (non-hydrogen) atoms. The van der Waals surface area contributed by atoms with Crippen molar-refractivity contribution in [3.63, 3.8) is 0 Å². The van der Waals surface area contributed by atoms with Crippen LogP contribution < -0.4 is 10.6 Å². The summed E-state index contributed by atoms with van der Waals surface area (Å²) in [6.45, 7) is 2.11. The molecule has 2 N–H and O–H groups in total. The van der Waals surface area contributed by atoms with Gasteiger partial charge in [0.25, 0.3) is 0 Å². The summed E-state index contributed by atoms with van der Waals surface area (Å²) in [5.41, 5.74) is 1.63. The number of carbonyl (C=O) groups excluding carboxylic acids is 1. The number of anilines is 1. The first-order valence-corrected chi connectivity index (χ1v) is 5.95. The third-order valence-corrected chi connectivity index (χ3v) is 2.97. The Labute approximate surface area is 101 Å². The molecule has 0 saturated carbocycles. The largest absolute Gasteiger partial charge is 0.465 e. The Balaban J connectivity index is 1.95. The second-order valence-corrected chi connectivity index (χ2v) is 4.26. The highest BCUT2D eigenvalue weighted by Crippen LogP contribution is 2.14. The Morgan fingerprint density at radius 1 is 1.41 bits per heavy atom. The zero-order valence-electron chi connectivity index (χ0n) is 10.0. The fraction of sp³-hybridized carbons (Fsp3) is 0.462.